The maximum absolute atomic E-state index is 14.0. The number of halogens is 6. The van der Waals surface area contributed by atoms with Crippen molar-refractivity contribution in [3.8, 4) is 0 Å². The van der Waals surface area contributed by atoms with Crippen molar-refractivity contribution in [2.24, 2.45) is 0 Å². The molecule has 0 aromatic heterocycles. The summed E-state index contributed by atoms with van der Waals surface area (Å²) < 4.78 is 83.8. The Bertz CT molecular complexity index is 782. The number of piperidine rings is 1. The number of hydrogen-bond acceptors (Lipinski definition) is 3. The van der Waals surface area contributed by atoms with Gasteiger partial charge in [0.2, 0.25) is 11.4 Å². The number of likely N-dealkylation sites (tertiary alicyclic amines) is 1. The molecule has 1 aromatic carbocycles. The van der Waals surface area contributed by atoms with Gasteiger partial charge in [0, 0.05) is 31.3 Å². The van der Waals surface area contributed by atoms with Crippen LogP contribution in [0.5, 0.6) is 0 Å². The minimum Gasteiger partial charge on any atom is -0.375 e. The number of benzene rings is 1. The normalized spacial score (nSPS) is 16.2. The molecule has 1 aromatic rings. The largest absolute Gasteiger partial charge is 0.420 e. The van der Waals surface area contributed by atoms with Gasteiger partial charge in [0.15, 0.2) is 5.78 Å². The van der Waals surface area contributed by atoms with Crippen LogP contribution >= 0.6 is 0 Å². The number of rotatable bonds is 7. The van der Waals surface area contributed by atoms with Gasteiger partial charge in [-0.3, -0.25) is 9.59 Å². The average molecular weight is 450 g/mol. The summed E-state index contributed by atoms with van der Waals surface area (Å²) in [5.74, 6) is -2.09. The first-order chi connectivity index (χ1) is 14.4. The zero-order valence-corrected chi connectivity index (χ0v) is 16.9. The molecule has 2 rings (SSSR count). The molecular weight excluding hydrogens is 426 g/mol. The summed E-state index contributed by atoms with van der Waals surface area (Å²) in [5, 5.41) is 1.23. The Morgan fingerprint density at radius 3 is 2.00 bits per heavy atom. The molecule has 1 aliphatic rings. The number of allylic oxidation sites excluding steroid dienone is 1. The summed E-state index contributed by atoms with van der Waals surface area (Å²) >= 11 is 0. The van der Waals surface area contributed by atoms with Gasteiger partial charge in [0.25, 0.3) is 0 Å². The predicted molar refractivity (Wildman–Crippen MR) is 102 cm³/mol. The SMILES string of the molecule is CC(=O)/C=C(/CC(NC(=O)Cc1ccccc1)(C(F)(F)F)C(F)(F)F)N1CCCCC1. The van der Waals surface area contributed by atoms with Gasteiger partial charge in [-0.15, -0.1) is 0 Å². The highest BCUT2D eigenvalue weighted by Gasteiger charge is 2.71. The van der Waals surface area contributed by atoms with E-state index in [2.05, 4.69) is 0 Å². The molecule has 1 amide bonds. The van der Waals surface area contributed by atoms with E-state index in [1.165, 1.54) is 34.5 Å². The van der Waals surface area contributed by atoms with Crippen molar-refractivity contribution in [2.45, 2.75) is 56.9 Å². The fraction of sp³-hybridized carbons (Fsp3) is 0.524. The number of ketones is 1. The van der Waals surface area contributed by atoms with Gasteiger partial charge in [-0.1, -0.05) is 30.3 Å². The molecular formula is C21H24F6N2O2. The highest BCUT2D eigenvalue weighted by atomic mass is 19.4. The Kier molecular flexibility index (Phi) is 7.77. The molecule has 1 fully saturated rings. The van der Waals surface area contributed by atoms with Crippen LogP contribution in [0.2, 0.25) is 0 Å². The van der Waals surface area contributed by atoms with Gasteiger partial charge in [0.05, 0.1) is 6.42 Å². The second-order valence-corrected chi connectivity index (χ2v) is 7.58. The summed E-state index contributed by atoms with van der Waals surface area (Å²) in [4.78, 5) is 25.2. The lowest BCUT2D eigenvalue weighted by molar-refractivity contribution is -0.306. The smallest absolute Gasteiger partial charge is 0.375 e. The van der Waals surface area contributed by atoms with E-state index >= 15 is 0 Å². The summed E-state index contributed by atoms with van der Waals surface area (Å²) in [6, 6.07) is 7.50. The third kappa shape index (κ3) is 6.24. The van der Waals surface area contributed by atoms with Crippen LogP contribution in [0.4, 0.5) is 26.3 Å². The van der Waals surface area contributed by atoms with E-state index in [4.69, 9.17) is 0 Å². The molecule has 4 nitrogen and oxygen atoms in total. The molecule has 31 heavy (non-hydrogen) atoms. The highest BCUT2D eigenvalue weighted by Crippen LogP contribution is 2.47. The molecule has 0 bridgehead atoms. The molecule has 0 radical (unpaired) electrons. The number of alkyl halides is 6. The zero-order chi connectivity index (χ0) is 23.3. The van der Waals surface area contributed by atoms with Crippen molar-refractivity contribution in [3.63, 3.8) is 0 Å². The van der Waals surface area contributed by atoms with Gasteiger partial charge in [-0.25, -0.2) is 0 Å². The van der Waals surface area contributed by atoms with Crippen molar-refractivity contribution in [3.05, 3.63) is 47.7 Å². The Balaban J connectivity index is 2.44. The fourth-order valence-electron chi connectivity index (χ4n) is 3.55. The van der Waals surface area contributed by atoms with Crippen LogP contribution in [0.25, 0.3) is 0 Å². The van der Waals surface area contributed by atoms with E-state index in [1.54, 1.807) is 6.07 Å². The molecule has 0 aliphatic carbocycles. The van der Waals surface area contributed by atoms with Gasteiger partial charge in [-0.05, 0) is 31.7 Å². The standard InChI is InChI=1S/C21H24F6N2O2/c1-15(30)12-17(29-10-6-3-7-11-29)14-19(20(22,23)24,21(25,26)27)28-18(31)13-16-8-4-2-5-9-16/h2,4-5,8-9,12H,3,6-7,10-11,13-14H2,1H3,(H,28,31)/b17-12-. The van der Waals surface area contributed by atoms with Crippen LogP contribution < -0.4 is 5.32 Å². The molecule has 0 spiro atoms. The topological polar surface area (TPSA) is 49.4 Å². The number of hydrogen-bond donors (Lipinski definition) is 1. The second kappa shape index (κ2) is 9.74. The van der Waals surface area contributed by atoms with E-state index < -0.39 is 42.4 Å². The third-order valence-electron chi connectivity index (χ3n) is 5.11. The van der Waals surface area contributed by atoms with Crippen molar-refractivity contribution in [1.29, 1.82) is 0 Å². The maximum atomic E-state index is 14.0. The minimum atomic E-state index is -5.84. The fourth-order valence-corrected chi connectivity index (χ4v) is 3.55. The molecule has 0 atom stereocenters. The number of carbonyl (C=O) groups is 2. The lowest BCUT2D eigenvalue weighted by Gasteiger charge is -2.41. The third-order valence-corrected chi connectivity index (χ3v) is 5.11. The monoisotopic (exact) mass is 450 g/mol. The lowest BCUT2D eigenvalue weighted by atomic mass is 9.89. The summed E-state index contributed by atoms with van der Waals surface area (Å²) in [5.41, 5.74) is -4.64. The Labute approximate surface area is 176 Å². The van der Waals surface area contributed by atoms with E-state index in [0.29, 0.717) is 12.8 Å². The molecule has 1 saturated heterocycles. The van der Waals surface area contributed by atoms with Gasteiger partial charge in [-0.2, -0.15) is 26.3 Å². The van der Waals surface area contributed by atoms with Crippen molar-refractivity contribution in [1.82, 2.24) is 10.2 Å². The van der Waals surface area contributed by atoms with E-state index in [0.717, 1.165) is 19.4 Å². The second-order valence-electron chi connectivity index (χ2n) is 7.58. The minimum absolute atomic E-state index is 0.239. The van der Waals surface area contributed by atoms with Crippen LogP contribution in [0.1, 0.15) is 38.2 Å². The van der Waals surface area contributed by atoms with Crippen LogP contribution in [-0.2, 0) is 16.0 Å². The average Bonchev–Trinajstić information content (AvgIpc) is 2.66. The lowest BCUT2D eigenvalue weighted by Crippen LogP contribution is -2.68. The summed E-state index contributed by atoms with van der Waals surface area (Å²) in [6.07, 6.45) is -11.2. The quantitative estimate of drug-likeness (QED) is 0.490. The number of amides is 1. The Morgan fingerprint density at radius 2 is 1.52 bits per heavy atom. The van der Waals surface area contributed by atoms with Crippen LogP contribution in [0.15, 0.2) is 42.1 Å². The van der Waals surface area contributed by atoms with Crippen LogP contribution in [0.3, 0.4) is 0 Å². The predicted octanol–water partition coefficient (Wildman–Crippen LogP) is 4.56. The van der Waals surface area contributed by atoms with Gasteiger partial charge < -0.3 is 10.2 Å². The van der Waals surface area contributed by atoms with E-state index in [1.807, 2.05) is 0 Å². The first-order valence-electron chi connectivity index (χ1n) is 9.80. The summed E-state index contributed by atoms with van der Waals surface area (Å²) in [7, 11) is 0. The molecule has 10 heteroatoms. The Hall–Kier alpha value is -2.52. The van der Waals surface area contributed by atoms with Crippen molar-refractivity contribution in [2.75, 3.05) is 13.1 Å². The molecule has 0 saturated carbocycles. The zero-order valence-electron chi connectivity index (χ0n) is 16.9. The van der Waals surface area contributed by atoms with Gasteiger partial charge in [0.1, 0.15) is 0 Å². The maximum Gasteiger partial charge on any atom is 0.420 e. The van der Waals surface area contributed by atoms with E-state index in [9.17, 15) is 35.9 Å². The number of carbonyl (C=O) groups excluding carboxylic acids is 2. The first kappa shape index (κ1) is 24.7. The van der Waals surface area contributed by atoms with Crippen molar-refractivity contribution >= 4 is 11.7 Å². The van der Waals surface area contributed by atoms with Crippen LogP contribution in [0, 0.1) is 0 Å². The van der Waals surface area contributed by atoms with Crippen LogP contribution in [-0.4, -0.2) is 47.6 Å². The molecule has 0 unspecified atom stereocenters. The molecule has 172 valence electrons. The first-order valence-corrected chi connectivity index (χ1v) is 9.80. The molecule has 1 N–H and O–H groups in total. The number of nitrogens with zero attached hydrogens (tertiary/aromatic N) is 1. The highest BCUT2D eigenvalue weighted by molar-refractivity contribution is 5.88. The van der Waals surface area contributed by atoms with Crippen molar-refractivity contribution < 1.29 is 35.9 Å². The molecule has 1 aliphatic heterocycles. The van der Waals surface area contributed by atoms with E-state index in [-0.39, 0.29) is 24.4 Å². The van der Waals surface area contributed by atoms with Gasteiger partial charge >= 0.3 is 12.4 Å². The molecule has 1 heterocycles. The Morgan fingerprint density at radius 1 is 0.968 bits per heavy atom. The number of nitrogens with one attached hydrogen (secondary N) is 1. The summed E-state index contributed by atoms with van der Waals surface area (Å²) in [6.45, 7) is 1.53.